The van der Waals surface area contributed by atoms with Crippen LogP contribution in [0.4, 0.5) is 0 Å². The van der Waals surface area contributed by atoms with Crippen molar-refractivity contribution in [2.24, 2.45) is 5.10 Å². The van der Waals surface area contributed by atoms with Crippen LogP contribution in [0.25, 0.3) is 10.9 Å². The van der Waals surface area contributed by atoms with Gasteiger partial charge in [-0.2, -0.15) is 5.10 Å². The Morgan fingerprint density at radius 2 is 2.09 bits per heavy atom. The maximum Gasteiger partial charge on any atom is 0.380 e. The molecule has 0 unspecified atom stereocenters. The van der Waals surface area contributed by atoms with Crippen molar-refractivity contribution in [1.82, 2.24) is 10.4 Å². The van der Waals surface area contributed by atoms with Gasteiger partial charge in [0.2, 0.25) is 5.76 Å². The zero-order valence-corrected chi connectivity index (χ0v) is 20.0. The summed E-state index contributed by atoms with van der Waals surface area (Å²) in [6, 6.07) is 10.8. The summed E-state index contributed by atoms with van der Waals surface area (Å²) in [5.41, 5.74) is 5.29. The van der Waals surface area contributed by atoms with E-state index in [0.717, 1.165) is 21.8 Å². The van der Waals surface area contributed by atoms with Crippen LogP contribution in [0.2, 0.25) is 0 Å². The highest BCUT2D eigenvalue weighted by Crippen LogP contribution is 2.33. The van der Waals surface area contributed by atoms with Gasteiger partial charge in [0.25, 0.3) is 5.91 Å². The summed E-state index contributed by atoms with van der Waals surface area (Å²) >= 11 is 4.84. The number of furan rings is 1. The number of fused-ring (bicyclic) bond motifs is 2. The van der Waals surface area contributed by atoms with Gasteiger partial charge in [-0.05, 0) is 49.4 Å². The predicted octanol–water partition coefficient (Wildman–Crippen LogP) is 5.65. The Hall–Kier alpha value is -3.30. The first-order chi connectivity index (χ1) is 16.0. The van der Waals surface area contributed by atoms with Crippen molar-refractivity contribution < 1.29 is 18.7 Å². The predicted molar refractivity (Wildman–Crippen MR) is 129 cm³/mol. The third-order valence-corrected chi connectivity index (χ3v) is 6.99. The van der Waals surface area contributed by atoms with E-state index in [0.29, 0.717) is 46.0 Å². The molecular formula is C24H18BrN3O4S. The second-order valence-corrected chi connectivity index (χ2v) is 9.32. The first-order valence-electron chi connectivity index (χ1n) is 10.3. The normalized spacial score (nSPS) is 14.3. The Labute approximate surface area is 201 Å². The van der Waals surface area contributed by atoms with E-state index in [9.17, 15) is 9.59 Å². The highest BCUT2D eigenvalue weighted by atomic mass is 79.9. The number of benzene rings is 1. The number of carbonyl (C=O) groups is 2. The second kappa shape index (κ2) is 8.92. The molecule has 5 rings (SSSR count). The number of esters is 1. The fraction of sp³-hybridized carbons (Fsp3) is 0.167. The van der Waals surface area contributed by atoms with E-state index < -0.39 is 5.97 Å². The van der Waals surface area contributed by atoms with Crippen molar-refractivity contribution >= 4 is 55.8 Å². The number of thiophene rings is 1. The highest BCUT2D eigenvalue weighted by Gasteiger charge is 2.29. The van der Waals surface area contributed by atoms with Crippen LogP contribution in [-0.2, 0) is 6.42 Å². The Balaban J connectivity index is 1.43. The number of hydrogen-bond acceptors (Lipinski definition) is 7. The number of ether oxygens (including phenoxy) is 1. The summed E-state index contributed by atoms with van der Waals surface area (Å²) in [6.07, 6.45) is 3.82. The maximum atomic E-state index is 13.0. The van der Waals surface area contributed by atoms with E-state index in [1.807, 2.05) is 29.6 Å². The number of nitrogens with one attached hydrogen (secondary N) is 1. The standard InChI is InChI=1S/C24H18BrN3O4S/c1-13-20-16(27-28-23(29)19-8-4-12-33-19)6-2-7-17(20)31-22(13)24(30)32-18-10-9-15(25)14-5-3-11-26-21(14)18/h3-5,8-12H,2,6-7H2,1H3,(H,28,29)/b27-16+. The van der Waals surface area contributed by atoms with Crippen LogP contribution in [0.5, 0.6) is 5.75 Å². The molecule has 0 spiro atoms. The van der Waals surface area contributed by atoms with Gasteiger partial charge < -0.3 is 9.15 Å². The van der Waals surface area contributed by atoms with E-state index >= 15 is 0 Å². The van der Waals surface area contributed by atoms with Gasteiger partial charge in [0.1, 0.15) is 11.3 Å². The quantitative estimate of drug-likeness (QED) is 0.212. The van der Waals surface area contributed by atoms with Crippen LogP contribution in [0, 0.1) is 6.92 Å². The molecule has 1 aromatic carbocycles. The number of rotatable bonds is 4. The molecule has 0 bridgehead atoms. The minimum absolute atomic E-state index is 0.131. The minimum atomic E-state index is -0.599. The monoisotopic (exact) mass is 523 g/mol. The zero-order chi connectivity index (χ0) is 22.9. The molecule has 1 amide bonds. The molecule has 166 valence electrons. The molecule has 4 aromatic rings. The number of aryl methyl sites for hydroxylation is 1. The fourth-order valence-corrected chi connectivity index (χ4v) is 4.96. The van der Waals surface area contributed by atoms with E-state index in [4.69, 9.17) is 9.15 Å². The van der Waals surface area contributed by atoms with Crippen LogP contribution >= 0.6 is 27.3 Å². The van der Waals surface area contributed by atoms with Crippen molar-refractivity contribution in [2.45, 2.75) is 26.2 Å². The van der Waals surface area contributed by atoms with E-state index in [1.54, 1.807) is 25.3 Å². The Bertz CT molecular complexity index is 1410. The molecule has 3 heterocycles. The number of carbonyl (C=O) groups excluding carboxylic acids is 2. The molecule has 1 aliphatic carbocycles. The van der Waals surface area contributed by atoms with Crippen LogP contribution in [0.1, 0.15) is 50.0 Å². The average Bonchev–Trinajstić information content (AvgIpc) is 3.48. The number of hydrogen-bond donors (Lipinski definition) is 1. The molecule has 7 nitrogen and oxygen atoms in total. The van der Waals surface area contributed by atoms with Gasteiger partial charge in [0.05, 0.1) is 10.6 Å². The SMILES string of the molecule is Cc1c(C(=O)Oc2ccc(Br)c3cccnc23)oc2c1/C(=N/NC(=O)c1cccs1)CCC2. The number of aromatic nitrogens is 1. The van der Waals surface area contributed by atoms with E-state index in [-0.39, 0.29) is 11.7 Å². The lowest BCUT2D eigenvalue weighted by atomic mass is 9.93. The molecular weight excluding hydrogens is 506 g/mol. The molecule has 3 aromatic heterocycles. The molecule has 9 heteroatoms. The lowest BCUT2D eigenvalue weighted by molar-refractivity contribution is 0.0700. The smallest absolute Gasteiger partial charge is 0.380 e. The largest absolute Gasteiger partial charge is 0.453 e. The van der Waals surface area contributed by atoms with Crippen molar-refractivity contribution in [1.29, 1.82) is 0 Å². The minimum Gasteiger partial charge on any atom is -0.453 e. The first-order valence-corrected chi connectivity index (χ1v) is 12.0. The molecule has 0 saturated heterocycles. The molecule has 33 heavy (non-hydrogen) atoms. The summed E-state index contributed by atoms with van der Waals surface area (Å²) in [4.78, 5) is 30.3. The summed E-state index contributed by atoms with van der Waals surface area (Å²) in [7, 11) is 0. The average molecular weight is 524 g/mol. The third kappa shape index (κ3) is 4.09. The summed E-state index contributed by atoms with van der Waals surface area (Å²) < 4.78 is 12.5. The number of amides is 1. The zero-order valence-electron chi connectivity index (χ0n) is 17.6. The molecule has 0 radical (unpaired) electrons. The van der Waals surface area contributed by atoms with Gasteiger partial charge in [-0.3, -0.25) is 9.78 Å². The van der Waals surface area contributed by atoms with E-state index in [1.165, 1.54) is 11.3 Å². The van der Waals surface area contributed by atoms with Crippen LogP contribution in [0.3, 0.4) is 0 Å². The summed E-state index contributed by atoms with van der Waals surface area (Å²) in [5, 5.41) is 7.02. The molecule has 0 fully saturated rings. The summed E-state index contributed by atoms with van der Waals surface area (Å²) in [5.74, 6) is 0.294. The van der Waals surface area contributed by atoms with Gasteiger partial charge in [-0.15, -0.1) is 11.3 Å². The van der Waals surface area contributed by atoms with Gasteiger partial charge in [0, 0.05) is 33.6 Å². The summed E-state index contributed by atoms with van der Waals surface area (Å²) in [6.45, 7) is 1.80. The topological polar surface area (TPSA) is 93.8 Å². The Kier molecular flexibility index (Phi) is 5.82. The van der Waals surface area contributed by atoms with Gasteiger partial charge in [-0.1, -0.05) is 28.1 Å². The molecule has 1 N–H and O–H groups in total. The van der Waals surface area contributed by atoms with E-state index in [2.05, 4.69) is 31.4 Å². The van der Waals surface area contributed by atoms with Crippen molar-refractivity contribution in [3.63, 3.8) is 0 Å². The lowest BCUT2D eigenvalue weighted by Crippen LogP contribution is -2.21. The number of hydrazone groups is 1. The molecule has 0 saturated carbocycles. The van der Waals surface area contributed by atoms with Crippen molar-refractivity contribution in [3.8, 4) is 5.75 Å². The lowest BCUT2D eigenvalue weighted by Gasteiger charge is -2.13. The van der Waals surface area contributed by atoms with Gasteiger partial charge in [0.15, 0.2) is 5.75 Å². The van der Waals surface area contributed by atoms with Crippen molar-refractivity contribution in [3.05, 3.63) is 80.0 Å². The number of pyridine rings is 1. The Morgan fingerprint density at radius 1 is 1.21 bits per heavy atom. The van der Waals surface area contributed by atoms with Crippen LogP contribution < -0.4 is 10.2 Å². The molecule has 0 atom stereocenters. The fourth-order valence-electron chi connectivity index (χ4n) is 3.90. The molecule has 0 aliphatic heterocycles. The number of halogens is 1. The maximum absolute atomic E-state index is 13.0. The van der Waals surface area contributed by atoms with Crippen molar-refractivity contribution in [2.75, 3.05) is 0 Å². The van der Waals surface area contributed by atoms with Gasteiger partial charge in [-0.25, -0.2) is 10.2 Å². The number of nitrogens with zero attached hydrogens (tertiary/aromatic N) is 2. The highest BCUT2D eigenvalue weighted by molar-refractivity contribution is 9.10. The first kappa shape index (κ1) is 21.5. The van der Waals surface area contributed by atoms with Gasteiger partial charge >= 0.3 is 5.97 Å². The second-order valence-electron chi connectivity index (χ2n) is 7.52. The Morgan fingerprint density at radius 3 is 2.91 bits per heavy atom. The third-order valence-electron chi connectivity index (χ3n) is 5.43. The molecule has 1 aliphatic rings. The van der Waals surface area contributed by atoms with Crippen LogP contribution in [0.15, 0.2) is 62.0 Å². The van der Waals surface area contributed by atoms with Crippen LogP contribution in [-0.4, -0.2) is 22.6 Å².